The lowest BCUT2D eigenvalue weighted by Gasteiger charge is -2.06. The molecule has 1 aliphatic carbocycles. The van der Waals surface area contributed by atoms with Crippen molar-refractivity contribution in [2.24, 2.45) is 5.92 Å². The Morgan fingerprint density at radius 2 is 2.25 bits per heavy atom. The van der Waals surface area contributed by atoms with Crippen molar-refractivity contribution in [2.75, 3.05) is 0 Å². The van der Waals surface area contributed by atoms with E-state index >= 15 is 0 Å². The van der Waals surface area contributed by atoms with E-state index in [9.17, 15) is 0 Å². The molecule has 1 aromatic rings. The molecule has 1 heterocycles. The summed E-state index contributed by atoms with van der Waals surface area (Å²) in [4.78, 5) is 4.39. The fourth-order valence-corrected chi connectivity index (χ4v) is 1.69. The molecule has 62 valence electrons. The maximum absolute atomic E-state index is 4.39. The molecule has 1 aliphatic rings. The van der Waals surface area contributed by atoms with Crippen LogP contribution < -0.4 is 0 Å². The summed E-state index contributed by atoms with van der Waals surface area (Å²) in [5, 5.41) is 0. The molecule has 1 nitrogen and oxygen atoms in total. The van der Waals surface area contributed by atoms with E-state index in [0.29, 0.717) is 5.92 Å². The average Bonchev–Trinajstić information content (AvgIpc) is 2.47. The third-order valence-corrected chi connectivity index (χ3v) is 2.33. The van der Waals surface area contributed by atoms with Gasteiger partial charge >= 0.3 is 0 Å². The molecule has 2 rings (SSSR count). The zero-order chi connectivity index (χ0) is 8.55. The second kappa shape index (κ2) is 2.74. The van der Waals surface area contributed by atoms with Gasteiger partial charge < -0.3 is 0 Å². The Balaban J connectivity index is 2.45. The first kappa shape index (κ1) is 7.53. The average molecular weight is 159 g/mol. The molecule has 0 N–H and O–H groups in total. The summed E-state index contributed by atoms with van der Waals surface area (Å²) in [6.07, 6.45) is 5.24. The van der Waals surface area contributed by atoms with Crippen molar-refractivity contribution in [2.45, 2.75) is 20.3 Å². The maximum Gasteiger partial charge on any atom is 0.0696 e. The molecule has 0 spiro atoms. The SMILES string of the molecule is CC(C)C1=CCc2cccnc21. The van der Waals surface area contributed by atoms with Gasteiger partial charge in [-0.15, -0.1) is 0 Å². The largest absolute Gasteiger partial charge is 0.256 e. The quantitative estimate of drug-likeness (QED) is 0.614. The lowest BCUT2D eigenvalue weighted by molar-refractivity contribution is 0.851. The van der Waals surface area contributed by atoms with E-state index in [1.54, 1.807) is 0 Å². The standard InChI is InChI=1S/C11H13N/c1-8(2)10-6-5-9-4-3-7-12-11(9)10/h3-4,6-8H,5H2,1-2H3. The van der Waals surface area contributed by atoms with E-state index in [4.69, 9.17) is 0 Å². The molecule has 0 saturated heterocycles. The number of pyridine rings is 1. The van der Waals surface area contributed by atoms with Crippen molar-refractivity contribution in [3.05, 3.63) is 35.7 Å². The zero-order valence-corrected chi connectivity index (χ0v) is 7.54. The molecule has 0 atom stereocenters. The van der Waals surface area contributed by atoms with Crippen LogP contribution in [0.15, 0.2) is 24.4 Å². The highest BCUT2D eigenvalue weighted by atomic mass is 14.7. The van der Waals surface area contributed by atoms with Crippen molar-refractivity contribution in [3.8, 4) is 0 Å². The van der Waals surface area contributed by atoms with Gasteiger partial charge in [-0.05, 0) is 29.5 Å². The highest BCUT2D eigenvalue weighted by molar-refractivity contribution is 5.71. The molecular formula is C11H13N. The first-order valence-corrected chi connectivity index (χ1v) is 4.43. The molecule has 0 aliphatic heterocycles. The van der Waals surface area contributed by atoms with E-state index in [1.807, 2.05) is 12.3 Å². The molecular weight excluding hydrogens is 146 g/mol. The lowest BCUT2D eigenvalue weighted by Crippen LogP contribution is -1.94. The van der Waals surface area contributed by atoms with E-state index in [0.717, 1.165) is 6.42 Å². The number of allylic oxidation sites excluding steroid dienone is 2. The molecule has 1 aromatic heterocycles. The van der Waals surface area contributed by atoms with Crippen molar-refractivity contribution in [3.63, 3.8) is 0 Å². The Morgan fingerprint density at radius 1 is 1.42 bits per heavy atom. The minimum absolute atomic E-state index is 0.598. The molecule has 0 bridgehead atoms. The van der Waals surface area contributed by atoms with Crippen LogP contribution in [0.25, 0.3) is 5.57 Å². The highest BCUT2D eigenvalue weighted by Crippen LogP contribution is 2.30. The summed E-state index contributed by atoms with van der Waals surface area (Å²) in [6, 6.07) is 4.17. The third kappa shape index (κ3) is 1.06. The summed E-state index contributed by atoms with van der Waals surface area (Å²) < 4.78 is 0. The molecule has 0 saturated carbocycles. The van der Waals surface area contributed by atoms with E-state index in [2.05, 4.69) is 31.0 Å². The van der Waals surface area contributed by atoms with Gasteiger partial charge in [0.15, 0.2) is 0 Å². The topological polar surface area (TPSA) is 12.9 Å². The van der Waals surface area contributed by atoms with E-state index < -0.39 is 0 Å². The number of hydrogen-bond acceptors (Lipinski definition) is 1. The van der Waals surface area contributed by atoms with Crippen LogP contribution in [0.2, 0.25) is 0 Å². The monoisotopic (exact) mass is 159 g/mol. The summed E-state index contributed by atoms with van der Waals surface area (Å²) >= 11 is 0. The van der Waals surface area contributed by atoms with Crippen LogP contribution in [0.4, 0.5) is 0 Å². The second-order valence-corrected chi connectivity index (χ2v) is 3.53. The van der Waals surface area contributed by atoms with Crippen LogP contribution >= 0.6 is 0 Å². The molecule has 0 amide bonds. The van der Waals surface area contributed by atoms with E-state index in [1.165, 1.54) is 16.8 Å². The Kier molecular flexibility index (Phi) is 1.72. The number of rotatable bonds is 1. The van der Waals surface area contributed by atoms with Gasteiger partial charge in [-0.3, -0.25) is 4.98 Å². The van der Waals surface area contributed by atoms with Crippen LogP contribution in [0.5, 0.6) is 0 Å². The van der Waals surface area contributed by atoms with Crippen LogP contribution in [0.1, 0.15) is 25.1 Å². The predicted molar refractivity (Wildman–Crippen MR) is 50.8 cm³/mol. The van der Waals surface area contributed by atoms with Gasteiger partial charge in [0.05, 0.1) is 5.69 Å². The van der Waals surface area contributed by atoms with E-state index in [-0.39, 0.29) is 0 Å². The summed E-state index contributed by atoms with van der Waals surface area (Å²) in [5.74, 6) is 0.598. The van der Waals surface area contributed by atoms with Crippen LogP contribution in [-0.4, -0.2) is 4.98 Å². The van der Waals surface area contributed by atoms with Gasteiger partial charge in [0, 0.05) is 6.20 Å². The lowest BCUT2D eigenvalue weighted by atomic mass is 10.0. The second-order valence-electron chi connectivity index (χ2n) is 3.53. The minimum Gasteiger partial charge on any atom is -0.256 e. The molecule has 0 unspecified atom stereocenters. The van der Waals surface area contributed by atoms with Crippen molar-refractivity contribution < 1.29 is 0 Å². The van der Waals surface area contributed by atoms with Crippen LogP contribution in [0, 0.1) is 5.92 Å². The third-order valence-electron chi connectivity index (χ3n) is 2.33. The number of fused-ring (bicyclic) bond motifs is 1. The zero-order valence-electron chi connectivity index (χ0n) is 7.54. The molecule has 1 heteroatoms. The van der Waals surface area contributed by atoms with Gasteiger partial charge in [0.25, 0.3) is 0 Å². The summed E-state index contributed by atoms with van der Waals surface area (Å²) in [5.41, 5.74) is 4.00. The van der Waals surface area contributed by atoms with Crippen LogP contribution in [0.3, 0.4) is 0 Å². The first-order chi connectivity index (χ1) is 5.79. The fourth-order valence-electron chi connectivity index (χ4n) is 1.69. The minimum atomic E-state index is 0.598. The van der Waals surface area contributed by atoms with Gasteiger partial charge in [0.1, 0.15) is 0 Å². The Morgan fingerprint density at radius 3 is 3.00 bits per heavy atom. The van der Waals surface area contributed by atoms with Crippen molar-refractivity contribution >= 4 is 5.57 Å². The molecule has 0 fully saturated rings. The van der Waals surface area contributed by atoms with Crippen molar-refractivity contribution in [1.82, 2.24) is 4.98 Å². The highest BCUT2D eigenvalue weighted by Gasteiger charge is 2.16. The molecule has 12 heavy (non-hydrogen) atoms. The number of nitrogens with zero attached hydrogens (tertiary/aromatic N) is 1. The smallest absolute Gasteiger partial charge is 0.0696 e. The molecule has 0 radical (unpaired) electrons. The maximum atomic E-state index is 4.39. The molecule has 0 aromatic carbocycles. The number of aromatic nitrogens is 1. The van der Waals surface area contributed by atoms with Crippen molar-refractivity contribution in [1.29, 1.82) is 0 Å². The summed E-state index contributed by atoms with van der Waals surface area (Å²) in [6.45, 7) is 4.44. The Labute approximate surface area is 73.1 Å². The van der Waals surface area contributed by atoms with Gasteiger partial charge in [-0.25, -0.2) is 0 Å². The summed E-state index contributed by atoms with van der Waals surface area (Å²) in [7, 11) is 0. The normalized spacial score (nSPS) is 14.8. The number of hydrogen-bond donors (Lipinski definition) is 0. The Hall–Kier alpha value is -1.11. The fraction of sp³-hybridized carbons (Fsp3) is 0.364. The Bertz CT molecular complexity index is 324. The van der Waals surface area contributed by atoms with Gasteiger partial charge in [0.2, 0.25) is 0 Å². The van der Waals surface area contributed by atoms with Crippen LogP contribution in [-0.2, 0) is 6.42 Å². The van der Waals surface area contributed by atoms with Gasteiger partial charge in [-0.2, -0.15) is 0 Å². The van der Waals surface area contributed by atoms with Gasteiger partial charge in [-0.1, -0.05) is 26.0 Å². The predicted octanol–water partition coefficient (Wildman–Crippen LogP) is 2.68. The first-order valence-electron chi connectivity index (χ1n) is 4.43.